The molecule has 0 aliphatic heterocycles. The highest BCUT2D eigenvalue weighted by molar-refractivity contribution is 14.1. The van der Waals surface area contributed by atoms with Crippen LogP contribution in [0.5, 0.6) is 5.75 Å². The maximum absolute atomic E-state index is 12.3. The molecule has 0 fully saturated rings. The third kappa shape index (κ3) is 4.49. The predicted molar refractivity (Wildman–Crippen MR) is 102 cm³/mol. The summed E-state index contributed by atoms with van der Waals surface area (Å²) in [6.45, 7) is 1.84. The fraction of sp³-hybridized carbons (Fsp3) is 0.111. The third-order valence-corrected chi connectivity index (χ3v) is 4.41. The standard InChI is InChI=1S/C18H14ClIN2O2/c1-11(12-5-3-2-4-6-12)22-18(24)14(10-21)7-13-8-15(19)9-16(20)17(13)23/h2-9,11,23H,1H3,(H,22,24)/b14-7-/t11-/m1/s1. The quantitative estimate of drug-likeness (QED) is 0.409. The molecule has 2 aromatic carbocycles. The van der Waals surface area contributed by atoms with Gasteiger partial charge in [0.25, 0.3) is 5.91 Å². The first-order chi connectivity index (χ1) is 11.4. The van der Waals surface area contributed by atoms with Crippen LogP contribution in [0, 0.1) is 14.9 Å². The number of hydrogen-bond donors (Lipinski definition) is 2. The number of aromatic hydroxyl groups is 1. The molecule has 0 saturated carbocycles. The molecule has 6 heteroatoms. The Labute approximate surface area is 158 Å². The van der Waals surface area contributed by atoms with E-state index in [4.69, 9.17) is 11.6 Å². The van der Waals surface area contributed by atoms with Crippen LogP contribution in [0.25, 0.3) is 6.08 Å². The highest BCUT2D eigenvalue weighted by Crippen LogP contribution is 2.30. The van der Waals surface area contributed by atoms with Crippen LogP contribution < -0.4 is 5.32 Å². The van der Waals surface area contributed by atoms with Gasteiger partial charge in [0, 0.05) is 10.6 Å². The Kier molecular flexibility index (Phi) is 6.23. The number of rotatable bonds is 4. The number of nitrogens with one attached hydrogen (secondary N) is 1. The molecule has 1 amide bonds. The first-order valence-electron chi connectivity index (χ1n) is 7.08. The summed E-state index contributed by atoms with van der Waals surface area (Å²) in [5, 5.41) is 22.5. The van der Waals surface area contributed by atoms with Crippen molar-refractivity contribution >= 4 is 46.2 Å². The SMILES string of the molecule is C[C@@H](NC(=O)/C(C#N)=C\c1cc(Cl)cc(I)c1O)c1ccccc1. The van der Waals surface area contributed by atoms with Gasteiger partial charge in [0.05, 0.1) is 9.61 Å². The number of phenols is 1. The average Bonchev–Trinajstić information content (AvgIpc) is 2.57. The number of benzene rings is 2. The van der Waals surface area contributed by atoms with Crippen molar-refractivity contribution in [2.45, 2.75) is 13.0 Å². The maximum atomic E-state index is 12.3. The smallest absolute Gasteiger partial charge is 0.262 e. The summed E-state index contributed by atoms with van der Waals surface area (Å²) in [5.41, 5.74) is 1.15. The van der Waals surface area contributed by atoms with Gasteiger partial charge in [0.2, 0.25) is 0 Å². The van der Waals surface area contributed by atoms with Crippen molar-refractivity contribution in [1.29, 1.82) is 5.26 Å². The fourth-order valence-electron chi connectivity index (χ4n) is 2.10. The van der Waals surface area contributed by atoms with Crippen LogP contribution in [-0.4, -0.2) is 11.0 Å². The normalized spacial score (nSPS) is 12.3. The molecule has 2 rings (SSSR count). The lowest BCUT2D eigenvalue weighted by molar-refractivity contribution is -0.117. The van der Waals surface area contributed by atoms with Gasteiger partial charge in [-0.15, -0.1) is 0 Å². The van der Waals surface area contributed by atoms with E-state index in [1.54, 1.807) is 6.07 Å². The molecule has 0 heterocycles. The summed E-state index contributed by atoms with van der Waals surface area (Å²) in [5.74, 6) is -0.528. The zero-order chi connectivity index (χ0) is 17.7. The minimum Gasteiger partial charge on any atom is -0.506 e. The number of nitrogens with zero attached hydrogens (tertiary/aromatic N) is 1. The summed E-state index contributed by atoms with van der Waals surface area (Å²) in [6.07, 6.45) is 1.33. The molecule has 0 radical (unpaired) electrons. The molecule has 122 valence electrons. The van der Waals surface area contributed by atoms with Crippen LogP contribution in [0.3, 0.4) is 0 Å². The molecule has 24 heavy (non-hydrogen) atoms. The van der Waals surface area contributed by atoms with E-state index in [0.29, 0.717) is 14.2 Å². The minimum absolute atomic E-state index is 0.0170. The number of hydrogen-bond acceptors (Lipinski definition) is 3. The molecule has 4 nitrogen and oxygen atoms in total. The van der Waals surface area contributed by atoms with Crippen molar-refractivity contribution in [3.05, 3.63) is 67.8 Å². The van der Waals surface area contributed by atoms with Gasteiger partial charge in [-0.2, -0.15) is 5.26 Å². The number of nitriles is 1. The van der Waals surface area contributed by atoms with E-state index in [0.717, 1.165) is 5.56 Å². The second-order valence-electron chi connectivity index (χ2n) is 5.10. The molecular weight excluding hydrogens is 439 g/mol. The van der Waals surface area contributed by atoms with Crippen LogP contribution in [0.4, 0.5) is 0 Å². The van der Waals surface area contributed by atoms with E-state index < -0.39 is 5.91 Å². The number of phenolic OH excluding ortho intramolecular Hbond substituents is 1. The highest BCUT2D eigenvalue weighted by Gasteiger charge is 2.15. The first kappa shape index (κ1) is 18.3. The maximum Gasteiger partial charge on any atom is 0.262 e. The van der Waals surface area contributed by atoms with E-state index in [1.165, 1.54) is 12.1 Å². The fourth-order valence-corrected chi connectivity index (χ4v) is 3.16. The van der Waals surface area contributed by atoms with Crippen LogP contribution in [0.2, 0.25) is 5.02 Å². The van der Waals surface area contributed by atoms with Crippen molar-refractivity contribution in [1.82, 2.24) is 5.32 Å². The molecule has 2 N–H and O–H groups in total. The van der Waals surface area contributed by atoms with Gasteiger partial charge in [0.15, 0.2) is 0 Å². The van der Waals surface area contributed by atoms with Crippen molar-refractivity contribution < 1.29 is 9.90 Å². The van der Waals surface area contributed by atoms with E-state index in [9.17, 15) is 15.2 Å². The molecule has 0 spiro atoms. The van der Waals surface area contributed by atoms with Crippen molar-refractivity contribution in [3.63, 3.8) is 0 Å². The molecule has 0 aliphatic carbocycles. The highest BCUT2D eigenvalue weighted by atomic mass is 127. The summed E-state index contributed by atoms with van der Waals surface area (Å²) < 4.78 is 0.543. The monoisotopic (exact) mass is 452 g/mol. The molecule has 1 atom stereocenters. The summed E-state index contributed by atoms with van der Waals surface area (Å²) >= 11 is 7.90. The van der Waals surface area contributed by atoms with Crippen LogP contribution in [0.15, 0.2) is 48.0 Å². The lowest BCUT2D eigenvalue weighted by Gasteiger charge is -2.14. The molecule has 2 aromatic rings. The van der Waals surface area contributed by atoms with Gasteiger partial charge in [-0.05, 0) is 53.3 Å². The van der Waals surface area contributed by atoms with Gasteiger partial charge in [0.1, 0.15) is 17.4 Å². The molecule has 0 unspecified atom stereocenters. The number of carbonyl (C=O) groups is 1. The van der Waals surface area contributed by atoms with E-state index in [1.807, 2.05) is 65.9 Å². The second kappa shape index (κ2) is 8.18. The second-order valence-corrected chi connectivity index (χ2v) is 6.70. The summed E-state index contributed by atoms with van der Waals surface area (Å²) in [7, 11) is 0. The molecule has 0 saturated heterocycles. The molecular formula is C18H14ClIN2O2. The number of halogens is 2. The lowest BCUT2D eigenvalue weighted by atomic mass is 10.1. The Balaban J connectivity index is 2.25. The Morgan fingerprint density at radius 3 is 2.67 bits per heavy atom. The average molecular weight is 453 g/mol. The number of carbonyl (C=O) groups excluding carboxylic acids is 1. The van der Waals surface area contributed by atoms with Gasteiger partial charge in [-0.1, -0.05) is 41.9 Å². The first-order valence-corrected chi connectivity index (χ1v) is 8.53. The summed E-state index contributed by atoms with van der Waals surface area (Å²) in [6, 6.07) is 14.2. The lowest BCUT2D eigenvalue weighted by Crippen LogP contribution is -2.27. The predicted octanol–water partition coefficient (Wildman–Crippen LogP) is 4.43. The molecule has 0 aromatic heterocycles. The minimum atomic E-state index is -0.511. The zero-order valence-electron chi connectivity index (χ0n) is 12.8. The van der Waals surface area contributed by atoms with Crippen molar-refractivity contribution in [2.24, 2.45) is 0 Å². The van der Waals surface area contributed by atoms with Crippen molar-refractivity contribution in [3.8, 4) is 11.8 Å². The third-order valence-electron chi connectivity index (χ3n) is 3.37. The van der Waals surface area contributed by atoms with Crippen LogP contribution in [0.1, 0.15) is 24.1 Å². The van der Waals surface area contributed by atoms with E-state index >= 15 is 0 Å². The van der Waals surface area contributed by atoms with Crippen LogP contribution >= 0.6 is 34.2 Å². The van der Waals surface area contributed by atoms with E-state index in [-0.39, 0.29) is 17.4 Å². The Hall–Kier alpha value is -2.04. The number of amides is 1. The van der Waals surface area contributed by atoms with Gasteiger partial charge < -0.3 is 10.4 Å². The Morgan fingerprint density at radius 2 is 2.04 bits per heavy atom. The van der Waals surface area contributed by atoms with Gasteiger partial charge in [-0.25, -0.2) is 0 Å². The van der Waals surface area contributed by atoms with Crippen LogP contribution in [-0.2, 0) is 4.79 Å². The molecule has 0 aliphatic rings. The zero-order valence-corrected chi connectivity index (χ0v) is 15.7. The Bertz CT molecular complexity index is 829. The van der Waals surface area contributed by atoms with Gasteiger partial charge in [-0.3, -0.25) is 4.79 Å². The largest absolute Gasteiger partial charge is 0.506 e. The molecule has 0 bridgehead atoms. The Morgan fingerprint density at radius 1 is 1.38 bits per heavy atom. The van der Waals surface area contributed by atoms with E-state index in [2.05, 4.69) is 5.32 Å². The topological polar surface area (TPSA) is 73.1 Å². The van der Waals surface area contributed by atoms with Crippen molar-refractivity contribution in [2.75, 3.05) is 0 Å². The summed E-state index contributed by atoms with van der Waals surface area (Å²) in [4.78, 5) is 12.3. The van der Waals surface area contributed by atoms with Gasteiger partial charge >= 0.3 is 0 Å².